The van der Waals surface area contributed by atoms with Gasteiger partial charge in [0.15, 0.2) is 11.5 Å². The Morgan fingerprint density at radius 2 is 1.35 bits per heavy atom. The molecule has 226 valence electrons. The molecule has 1 aromatic carbocycles. The Bertz CT molecular complexity index is 1040. The van der Waals surface area contributed by atoms with Gasteiger partial charge in [0.25, 0.3) is 5.72 Å². The van der Waals surface area contributed by atoms with Crippen LogP contribution in [0.1, 0.15) is 94.6 Å². The van der Waals surface area contributed by atoms with Gasteiger partial charge in [0.1, 0.15) is 0 Å². The minimum Gasteiger partial charge on any atom is -0.477 e. The Balaban J connectivity index is 3.57. The van der Waals surface area contributed by atoms with E-state index in [2.05, 4.69) is 5.32 Å². The van der Waals surface area contributed by atoms with Crippen LogP contribution >= 0.6 is 0 Å². The number of nitrogens with one attached hydrogen (secondary N) is 1. The molecule has 0 saturated carbocycles. The fraction of sp³-hybridized carbons (Fsp3) is 0.677. The number of ether oxygens (including phenoxy) is 3. The van der Waals surface area contributed by atoms with Crippen molar-refractivity contribution in [2.45, 2.75) is 107 Å². The minimum absolute atomic E-state index is 0.00395. The largest absolute Gasteiger partial charge is 0.477 e. The number of hydrogen-bond acceptors (Lipinski definition) is 8. The quantitative estimate of drug-likeness (QED) is 0.165. The molecular weight excluding hydrogens is 514 g/mol. The lowest BCUT2D eigenvalue weighted by atomic mass is 9.92. The van der Waals surface area contributed by atoms with Crippen LogP contribution in [0.5, 0.6) is 11.5 Å². The van der Waals surface area contributed by atoms with Gasteiger partial charge in [0.05, 0.1) is 18.3 Å². The first-order valence-electron chi connectivity index (χ1n) is 14.1. The van der Waals surface area contributed by atoms with Crippen LogP contribution < -0.4 is 14.8 Å². The van der Waals surface area contributed by atoms with Crippen LogP contribution in [-0.2, 0) is 30.3 Å². The summed E-state index contributed by atoms with van der Waals surface area (Å²) in [7, 11) is 0. The molecule has 40 heavy (non-hydrogen) atoms. The van der Waals surface area contributed by atoms with E-state index in [1.54, 1.807) is 26.8 Å². The van der Waals surface area contributed by atoms with E-state index >= 15 is 0 Å². The van der Waals surface area contributed by atoms with Gasteiger partial charge in [-0.1, -0.05) is 75.3 Å². The average molecular weight is 564 g/mol. The number of carbonyl (C=O) groups excluding carboxylic acids is 3. The molecule has 0 aliphatic rings. The summed E-state index contributed by atoms with van der Waals surface area (Å²) in [5.74, 6) is -3.78. The molecule has 1 rings (SSSR count). The molecule has 0 fully saturated rings. The summed E-state index contributed by atoms with van der Waals surface area (Å²) in [4.78, 5) is 51.1. The van der Waals surface area contributed by atoms with Crippen molar-refractivity contribution in [2.24, 2.45) is 29.1 Å². The fourth-order valence-electron chi connectivity index (χ4n) is 3.52. The highest BCUT2D eigenvalue weighted by atomic mass is 16.6. The molecule has 3 unspecified atom stereocenters. The lowest BCUT2D eigenvalue weighted by Gasteiger charge is -2.34. The van der Waals surface area contributed by atoms with Crippen molar-refractivity contribution in [2.75, 3.05) is 0 Å². The Kier molecular flexibility index (Phi) is 12.8. The summed E-state index contributed by atoms with van der Waals surface area (Å²) in [5, 5.41) is 13.3. The van der Waals surface area contributed by atoms with Crippen LogP contribution in [0.4, 0.5) is 0 Å². The Morgan fingerprint density at radius 3 is 1.77 bits per heavy atom. The Labute approximate surface area is 239 Å². The SMILES string of the molecule is CCC(C)N[C@@](Cc1ccc(OC(=O)C(C)C(C)C)c(OC(=O)C(C)C(C)C)c1)(OC(=O)CC(C)(C)C)C(=O)O. The number of carboxylic acid groups (broad SMARTS) is 1. The second-order valence-electron chi connectivity index (χ2n) is 12.7. The summed E-state index contributed by atoms with van der Waals surface area (Å²) >= 11 is 0. The van der Waals surface area contributed by atoms with E-state index in [9.17, 15) is 24.3 Å². The molecule has 9 heteroatoms. The van der Waals surface area contributed by atoms with E-state index < -0.39 is 46.9 Å². The topological polar surface area (TPSA) is 128 Å². The Morgan fingerprint density at radius 1 is 0.850 bits per heavy atom. The number of carboxylic acids is 1. The first-order chi connectivity index (χ1) is 18.3. The van der Waals surface area contributed by atoms with Crippen molar-refractivity contribution in [3.05, 3.63) is 23.8 Å². The van der Waals surface area contributed by atoms with Gasteiger partial charge < -0.3 is 19.3 Å². The molecule has 0 aliphatic heterocycles. The fourth-order valence-corrected chi connectivity index (χ4v) is 3.52. The van der Waals surface area contributed by atoms with Gasteiger partial charge in [0.2, 0.25) is 0 Å². The summed E-state index contributed by atoms with van der Waals surface area (Å²) in [5.41, 5.74) is -2.09. The van der Waals surface area contributed by atoms with Crippen molar-refractivity contribution in [3.8, 4) is 11.5 Å². The van der Waals surface area contributed by atoms with Gasteiger partial charge in [-0.15, -0.1) is 0 Å². The molecule has 1 aromatic rings. The van der Waals surface area contributed by atoms with Gasteiger partial charge in [-0.2, -0.15) is 0 Å². The summed E-state index contributed by atoms with van der Waals surface area (Å²) in [6.45, 7) is 20.3. The first kappa shape index (κ1) is 35.1. The highest BCUT2D eigenvalue weighted by molar-refractivity contribution is 5.82. The molecule has 0 aromatic heterocycles. The normalized spacial score (nSPS) is 15.6. The monoisotopic (exact) mass is 563 g/mol. The molecule has 0 spiro atoms. The predicted octanol–water partition coefficient (Wildman–Crippen LogP) is 5.77. The standard InChI is InChI=1S/C31H49NO8/c1-12-20(6)32-31(29(36)37,40-26(33)17-30(9,10)11)16-23-13-14-24(38-27(34)21(7)18(2)3)25(15-23)39-28(35)22(8)19(4)5/h13-15,18-22,32H,12,16-17H2,1-11H3,(H,36,37)/t20?,21?,22?,31-/m0/s1. The van der Waals surface area contributed by atoms with Gasteiger partial charge in [-0.05, 0) is 48.3 Å². The zero-order valence-electron chi connectivity index (χ0n) is 26.0. The van der Waals surface area contributed by atoms with Gasteiger partial charge in [0, 0.05) is 12.5 Å². The van der Waals surface area contributed by atoms with Crippen LogP contribution in [0.15, 0.2) is 18.2 Å². The second-order valence-corrected chi connectivity index (χ2v) is 12.7. The smallest absolute Gasteiger partial charge is 0.364 e. The molecule has 9 nitrogen and oxygen atoms in total. The van der Waals surface area contributed by atoms with Gasteiger partial charge in [-0.25, -0.2) is 4.79 Å². The van der Waals surface area contributed by atoms with Crippen LogP contribution in [-0.4, -0.2) is 40.8 Å². The van der Waals surface area contributed by atoms with Crippen molar-refractivity contribution in [1.82, 2.24) is 5.32 Å². The molecule has 4 atom stereocenters. The maximum atomic E-state index is 12.9. The van der Waals surface area contributed by atoms with E-state index in [0.717, 1.165) is 0 Å². The number of benzene rings is 1. The number of rotatable bonds is 14. The maximum Gasteiger partial charge on any atom is 0.364 e. The number of hydrogen-bond donors (Lipinski definition) is 2. The maximum absolute atomic E-state index is 12.9. The zero-order valence-corrected chi connectivity index (χ0v) is 26.0. The lowest BCUT2D eigenvalue weighted by molar-refractivity contribution is -0.185. The van der Waals surface area contributed by atoms with Crippen LogP contribution in [0, 0.1) is 29.1 Å². The van der Waals surface area contributed by atoms with Gasteiger partial charge in [-0.3, -0.25) is 19.7 Å². The van der Waals surface area contributed by atoms with E-state index in [4.69, 9.17) is 14.2 Å². The molecule has 2 N–H and O–H groups in total. The van der Waals surface area contributed by atoms with Crippen molar-refractivity contribution in [3.63, 3.8) is 0 Å². The average Bonchev–Trinajstić information content (AvgIpc) is 2.82. The summed E-state index contributed by atoms with van der Waals surface area (Å²) in [6, 6.07) is 4.21. The summed E-state index contributed by atoms with van der Waals surface area (Å²) in [6.07, 6.45) is 0.345. The summed E-state index contributed by atoms with van der Waals surface area (Å²) < 4.78 is 16.9. The highest BCUT2D eigenvalue weighted by Crippen LogP contribution is 2.33. The van der Waals surface area contributed by atoms with E-state index in [-0.39, 0.29) is 42.2 Å². The first-order valence-corrected chi connectivity index (χ1v) is 14.1. The molecule has 0 radical (unpaired) electrons. The number of carbonyl (C=O) groups is 4. The molecule has 0 bridgehead atoms. The second kappa shape index (κ2) is 14.6. The molecule has 0 amide bonds. The molecule has 0 heterocycles. The molecular formula is C31H49NO8. The van der Waals surface area contributed by atoms with E-state index in [0.29, 0.717) is 12.0 Å². The molecule has 0 saturated heterocycles. The van der Waals surface area contributed by atoms with Crippen molar-refractivity contribution >= 4 is 23.9 Å². The van der Waals surface area contributed by atoms with Crippen LogP contribution in [0.25, 0.3) is 0 Å². The lowest BCUT2D eigenvalue weighted by Crippen LogP contribution is -2.59. The predicted molar refractivity (Wildman–Crippen MR) is 153 cm³/mol. The Hall–Kier alpha value is -2.94. The third-order valence-electron chi connectivity index (χ3n) is 7.03. The highest BCUT2D eigenvalue weighted by Gasteiger charge is 2.44. The third kappa shape index (κ3) is 10.6. The zero-order chi connectivity index (χ0) is 31.0. The van der Waals surface area contributed by atoms with Crippen LogP contribution in [0.3, 0.4) is 0 Å². The van der Waals surface area contributed by atoms with E-state index in [1.807, 2.05) is 55.4 Å². The van der Waals surface area contributed by atoms with Crippen molar-refractivity contribution in [1.29, 1.82) is 0 Å². The third-order valence-corrected chi connectivity index (χ3v) is 7.03. The van der Waals surface area contributed by atoms with E-state index in [1.165, 1.54) is 12.1 Å². The van der Waals surface area contributed by atoms with Gasteiger partial charge >= 0.3 is 23.9 Å². The van der Waals surface area contributed by atoms with Crippen LogP contribution in [0.2, 0.25) is 0 Å². The van der Waals surface area contributed by atoms with Crippen molar-refractivity contribution < 1.29 is 38.5 Å². The number of aliphatic carboxylic acids is 1. The number of esters is 3. The molecule has 0 aliphatic carbocycles. The minimum atomic E-state index is -2.07.